The van der Waals surface area contributed by atoms with Gasteiger partial charge < -0.3 is 10.4 Å². The average Bonchev–Trinajstić information content (AvgIpc) is 2.42. The van der Waals surface area contributed by atoms with Crippen LogP contribution in [0.25, 0.3) is 0 Å². The number of carbonyl (C=O) groups is 2. The van der Waals surface area contributed by atoms with Crippen LogP contribution in [-0.2, 0) is 9.59 Å². The topological polar surface area (TPSA) is 66.4 Å². The van der Waals surface area contributed by atoms with E-state index >= 15 is 0 Å². The van der Waals surface area contributed by atoms with Crippen LogP contribution in [0.3, 0.4) is 0 Å². The molecule has 0 saturated carbocycles. The lowest BCUT2D eigenvalue weighted by Crippen LogP contribution is -2.31. The number of halogens is 1. The number of nitrogens with one attached hydrogen (secondary N) is 1. The Labute approximate surface area is 121 Å². The molecule has 4 nitrogen and oxygen atoms in total. The highest BCUT2D eigenvalue weighted by molar-refractivity contribution is 7.99. The Bertz CT molecular complexity index is 450. The van der Waals surface area contributed by atoms with Crippen molar-refractivity contribution in [2.24, 2.45) is 5.92 Å². The molecule has 110 valence electrons. The molecule has 0 heterocycles. The molecule has 0 aliphatic rings. The molecule has 0 aliphatic heterocycles. The molecule has 1 unspecified atom stereocenters. The van der Waals surface area contributed by atoms with Crippen molar-refractivity contribution >= 4 is 23.6 Å². The Morgan fingerprint density at radius 2 is 2.00 bits per heavy atom. The van der Waals surface area contributed by atoms with E-state index in [-0.39, 0.29) is 24.1 Å². The molecule has 0 saturated heterocycles. The van der Waals surface area contributed by atoms with Crippen LogP contribution in [-0.4, -0.2) is 29.3 Å². The van der Waals surface area contributed by atoms with Crippen LogP contribution in [0.1, 0.15) is 19.8 Å². The normalized spacial score (nSPS) is 11.9. The summed E-state index contributed by atoms with van der Waals surface area (Å²) >= 11 is 1.49. The summed E-state index contributed by atoms with van der Waals surface area (Å²) in [7, 11) is 0. The fourth-order valence-corrected chi connectivity index (χ4v) is 2.38. The summed E-state index contributed by atoms with van der Waals surface area (Å²) in [6.07, 6.45) is 0.484. The predicted molar refractivity (Wildman–Crippen MR) is 76.2 cm³/mol. The maximum Gasteiger partial charge on any atom is 0.303 e. The van der Waals surface area contributed by atoms with Gasteiger partial charge in [0.15, 0.2) is 0 Å². The zero-order chi connectivity index (χ0) is 15.0. The molecule has 0 aromatic heterocycles. The lowest BCUT2D eigenvalue weighted by molar-refractivity contribution is -0.137. The third kappa shape index (κ3) is 6.56. The van der Waals surface area contributed by atoms with Crippen molar-refractivity contribution in [3.05, 3.63) is 30.1 Å². The Morgan fingerprint density at radius 1 is 1.35 bits per heavy atom. The third-order valence-corrected chi connectivity index (χ3v) is 3.90. The number of hydrogen-bond donors (Lipinski definition) is 2. The van der Waals surface area contributed by atoms with Gasteiger partial charge in [0.1, 0.15) is 5.82 Å². The number of rotatable bonds is 8. The van der Waals surface area contributed by atoms with E-state index in [1.54, 1.807) is 12.1 Å². The molecular weight excluding hydrogens is 281 g/mol. The summed E-state index contributed by atoms with van der Waals surface area (Å²) in [4.78, 5) is 23.0. The van der Waals surface area contributed by atoms with E-state index in [0.29, 0.717) is 18.7 Å². The van der Waals surface area contributed by atoms with Gasteiger partial charge in [-0.05, 0) is 30.7 Å². The molecule has 0 bridgehead atoms. The molecule has 1 rings (SSSR count). The largest absolute Gasteiger partial charge is 0.481 e. The summed E-state index contributed by atoms with van der Waals surface area (Å²) in [6, 6.07) is 6.13. The first kappa shape index (κ1) is 16.5. The molecule has 1 atom stereocenters. The molecule has 1 amide bonds. The lowest BCUT2D eigenvalue weighted by Gasteiger charge is -2.11. The number of aliphatic carboxylic acids is 1. The zero-order valence-corrected chi connectivity index (χ0v) is 12.1. The van der Waals surface area contributed by atoms with E-state index in [9.17, 15) is 14.0 Å². The number of amides is 1. The van der Waals surface area contributed by atoms with Crippen molar-refractivity contribution in [2.75, 3.05) is 12.3 Å². The minimum absolute atomic E-state index is 0.0546. The molecule has 0 fully saturated rings. The Hall–Kier alpha value is -1.56. The van der Waals surface area contributed by atoms with Crippen molar-refractivity contribution in [3.8, 4) is 0 Å². The van der Waals surface area contributed by atoms with E-state index in [1.807, 2.05) is 6.92 Å². The summed E-state index contributed by atoms with van der Waals surface area (Å²) in [5, 5.41) is 11.2. The third-order valence-electron chi connectivity index (χ3n) is 2.63. The molecular formula is C14H18FNO3S. The predicted octanol–water partition coefficient (Wildman–Crippen LogP) is 2.53. The highest BCUT2D eigenvalue weighted by Crippen LogP contribution is 2.20. The van der Waals surface area contributed by atoms with Crippen LogP contribution >= 0.6 is 11.8 Å². The quantitative estimate of drug-likeness (QED) is 0.572. The monoisotopic (exact) mass is 299 g/mol. The van der Waals surface area contributed by atoms with Crippen molar-refractivity contribution in [1.82, 2.24) is 5.32 Å². The first-order valence-electron chi connectivity index (χ1n) is 6.37. The second kappa shape index (κ2) is 8.58. The van der Waals surface area contributed by atoms with Gasteiger partial charge >= 0.3 is 5.97 Å². The van der Waals surface area contributed by atoms with Gasteiger partial charge in [0.05, 0.1) is 0 Å². The summed E-state index contributed by atoms with van der Waals surface area (Å²) < 4.78 is 12.7. The van der Waals surface area contributed by atoms with Crippen LogP contribution in [0.15, 0.2) is 29.2 Å². The van der Waals surface area contributed by atoms with Gasteiger partial charge in [-0.3, -0.25) is 9.59 Å². The van der Waals surface area contributed by atoms with E-state index in [0.717, 1.165) is 4.90 Å². The minimum atomic E-state index is -0.862. The van der Waals surface area contributed by atoms with Gasteiger partial charge in [-0.25, -0.2) is 4.39 Å². The van der Waals surface area contributed by atoms with Crippen LogP contribution in [0, 0.1) is 11.7 Å². The smallest absolute Gasteiger partial charge is 0.303 e. The Kier molecular flexibility index (Phi) is 7.08. The standard InChI is InChI=1S/C14H18FNO3S/c1-10(14(19)16-8-2-3-13(17)18)9-20-12-6-4-11(15)5-7-12/h4-7,10H,2-3,8-9H2,1H3,(H,16,19)(H,17,18). The summed E-state index contributed by atoms with van der Waals surface area (Å²) in [6.45, 7) is 2.18. The first-order valence-corrected chi connectivity index (χ1v) is 7.35. The van der Waals surface area contributed by atoms with E-state index in [2.05, 4.69) is 5.32 Å². The fourth-order valence-electron chi connectivity index (χ4n) is 1.45. The second-order valence-electron chi connectivity index (χ2n) is 4.45. The minimum Gasteiger partial charge on any atom is -0.481 e. The molecule has 6 heteroatoms. The van der Waals surface area contributed by atoms with Gasteiger partial charge in [0, 0.05) is 29.5 Å². The van der Waals surface area contributed by atoms with Crippen LogP contribution in [0.4, 0.5) is 4.39 Å². The van der Waals surface area contributed by atoms with E-state index in [1.165, 1.54) is 23.9 Å². The Balaban J connectivity index is 2.24. The maximum absolute atomic E-state index is 12.7. The second-order valence-corrected chi connectivity index (χ2v) is 5.55. The molecule has 2 N–H and O–H groups in total. The zero-order valence-electron chi connectivity index (χ0n) is 11.3. The van der Waals surface area contributed by atoms with Gasteiger partial charge in [0.2, 0.25) is 5.91 Å². The number of carboxylic acids is 1. The van der Waals surface area contributed by atoms with Crippen LogP contribution in [0.5, 0.6) is 0 Å². The maximum atomic E-state index is 12.7. The SMILES string of the molecule is CC(CSc1ccc(F)cc1)C(=O)NCCCC(=O)O. The summed E-state index contributed by atoms with van der Waals surface area (Å²) in [5.41, 5.74) is 0. The number of carbonyl (C=O) groups excluding carboxylic acids is 1. The average molecular weight is 299 g/mol. The van der Waals surface area contributed by atoms with Gasteiger partial charge in [-0.15, -0.1) is 11.8 Å². The number of carboxylic acid groups (broad SMARTS) is 1. The highest BCUT2D eigenvalue weighted by Gasteiger charge is 2.12. The number of thioether (sulfide) groups is 1. The molecule has 1 aromatic carbocycles. The first-order chi connectivity index (χ1) is 9.49. The van der Waals surface area contributed by atoms with Gasteiger partial charge in [-0.2, -0.15) is 0 Å². The van der Waals surface area contributed by atoms with E-state index < -0.39 is 5.97 Å². The van der Waals surface area contributed by atoms with Crippen molar-refractivity contribution in [1.29, 1.82) is 0 Å². The van der Waals surface area contributed by atoms with Crippen LogP contribution in [0.2, 0.25) is 0 Å². The van der Waals surface area contributed by atoms with E-state index in [4.69, 9.17) is 5.11 Å². The lowest BCUT2D eigenvalue weighted by atomic mass is 10.2. The number of benzene rings is 1. The van der Waals surface area contributed by atoms with Gasteiger partial charge in [-0.1, -0.05) is 6.92 Å². The number of hydrogen-bond acceptors (Lipinski definition) is 3. The van der Waals surface area contributed by atoms with Crippen LogP contribution < -0.4 is 5.32 Å². The van der Waals surface area contributed by atoms with Gasteiger partial charge in [0.25, 0.3) is 0 Å². The molecule has 0 aliphatic carbocycles. The van der Waals surface area contributed by atoms with Crippen molar-refractivity contribution in [2.45, 2.75) is 24.7 Å². The highest BCUT2D eigenvalue weighted by atomic mass is 32.2. The Morgan fingerprint density at radius 3 is 2.60 bits per heavy atom. The molecule has 0 radical (unpaired) electrons. The van der Waals surface area contributed by atoms with Crippen molar-refractivity contribution < 1.29 is 19.1 Å². The molecule has 1 aromatic rings. The molecule has 0 spiro atoms. The molecule has 20 heavy (non-hydrogen) atoms. The fraction of sp³-hybridized carbons (Fsp3) is 0.429. The summed E-state index contributed by atoms with van der Waals surface area (Å²) in [5.74, 6) is -0.825. The van der Waals surface area contributed by atoms with Crippen molar-refractivity contribution in [3.63, 3.8) is 0 Å².